The Morgan fingerprint density at radius 1 is 1.44 bits per heavy atom. The first-order valence-corrected chi connectivity index (χ1v) is 5.77. The number of ether oxygens (including phenoxy) is 1. The van der Waals surface area contributed by atoms with E-state index in [1.165, 1.54) is 19.2 Å². The number of rotatable bonds is 2. The molecular formula is C12H14N2O4. The SMILES string of the molecule is COC(=O)c1cc([N+](=O)[O-])cc2c1NCCCC2. The number of fused-ring (bicyclic) bond motifs is 1. The highest BCUT2D eigenvalue weighted by atomic mass is 16.6. The summed E-state index contributed by atoms with van der Waals surface area (Å²) in [6.07, 6.45) is 2.65. The molecule has 0 aliphatic carbocycles. The minimum Gasteiger partial charge on any atom is -0.465 e. The Morgan fingerprint density at radius 2 is 2.22 bits per heavy atom. The number of methoxy groups -OCH3 is 1. The Morgan fingerprint density at radius 3 is 2.89 bits per heavy atom. The number of benzene rings is 1. The molecule has 0 fully saturated rings. The van der Waals surface area contributed by atoms with Gasteiger partial charge in [-0.15, -0.1) is 0 Å². The molecule has 18 heavy (non-hydrogen) atoms. The Bertz CT molecular complexity index is 499. The van der Waals surface area contributed by atoms with Crippen LogP contribution in [0.5, 0.6) is 0 Å². The summed E-state index contributed by atoms with van der Waals surface area (Å²) in [7, 11) is 1.27. The molecule has 0 aromatic heterocycles. The third-order valence-corrected chi connectivity index (χ3v) is 3.00. The average Bonchev–Trinajstić information content (AvgIpc) is 2.61. The third-order valence-electron chi connectivity index (χ3n) is 3.00. The van der Waals surface area contributed by atoms with E-state index in [9.17, 15) is 14.9 Å². The molecular weight excluding hydrogens is 236 g/mol. The van der Waals surface area contributed by atoms with E-state index in [0.29, 0.717) is 5.69 Å². The van der Waals surface area contributed by atoms with E-state index in [0.717, 1.165) is 31.4 Å². The van der Waals surface area contributed by atoms with Crippen molar-refractivity contribution in [1.29, 1.82) is 0 Å². The van der Waals surface area contributed by atoms with Crippen molar-refractivity contribution in [2.24, 2.45) is 0 Å². The first-order chi connectivity index (χ1) is 8.63. The van der Waals surface area contributed by atoms with Gasteiger partial charge in [-0.1, -0.05) is 0 Å². The van der Waals surface area contributed by atoms with Crippen LogP contribution in [0, 0.1) is 10.1 Å². The van der Waals surface area contributed by atoms with Crippen LogP contribution in [0.2, 0.25) is 0 Å². The van der Waals surface area contributed by atoms with Gasteiger partial charge >= 0.3 is 5.97 Å². The van der Waals surface area contributed by atoms with Crippen molar-refractivity contribution in [1.82, 2.24) is 0 Å². The topological polar surface area (TPSA) is 81.5 Å². The van der Waals surface area contributed by atoms with Gasteiger partial charge in [0.15, 0.2) is 0 Å². The summed E-state index contributed by atoms with van der Waals surface area (Å²) in [5, 5.41) is 14.0. The minimum atomic E-state index is -0.552. The molecule has 0 bridgehead atoms. The number of carbonyl (C=O) groups excluding carboxylic acids is 1. The lowest BCUT2D eigenvalue weighted by Gasteiger charge is -2.12. The van der Waals surface area contributed by atoms with Gasteiger partial charge in [-0.3, -0.25) is 10.1 Å². The van der Waals surface area contributed by atoms with Crippen molar-refractivity contribution in [2.45, 2.75) is 19.3 Å². The van der Waals surface area contributed by atoms with Gasteiger partial charge in [0.1, 0.15) is 0 Å². The molecule has 0 unspecified atom stereocenters. The first kappa shape index (κ1) is 12.3. The van der Waals surface area contributed by atoms with E-state index in [-0.39, 0.29) is 11.3 Å². The fourth-order valence-electron chi connectivity index (χ4n) is 2.12. The summed E-state index contributed by atoms with van der Waals surface area (Å²) in [4.78, 5) is 22.1. The van der Waals surface area contributed by atoms with E-state index in [1.807, 2.05) is 0 Å². The van der Waals surface area contributed by atoms with Crippen molar-refractivity contribution in [3.63, 3.8) is 0 Å². The van der Waals surface area contributed by atoms with Gasteiger partial charge < -0.3 is 10.1 Å². The number of non-ortho nitro benzene ring substituents is 1. The zero-order valence-corrected chi connectivity index (χ0v) is 10.1. The summed E-state index contributed by atoms with van der Waals surface area (Å²) in [6, 6.07) is 2.79. The van der Waals surface area contributed by atoms with Crippen LogP contribution >= 0.6 is 0 Å². The molecule has 0 spiro atoms. The molecule has 6 heteroatoms. The predicted molar refractivity (Wildman–Crippen MR) is 65.9 cm³/mol. The van der Waals surface area contributed by atoms with Crippen LogP contribution in [-0.2, 0) is 11.2 Å². The first-order valence-electron chi connectivity index (χ1n) is 5.77. The smallest absolute Gasteiger partial charge is 0.340 e. The minimum absolute atomic E-state index is 0.0714. The molecule has 1 N–H and O–H groups in total. The summed E-state index contributed by atoms with van der Waals surface area (Å²) in [5.74, 6) is -0.552. The number of hydrogen-bond donors (Lipinski definition) is 1. The molecule has 1 aliphatic rings. The summed E-state index contributed by atoms with van der Waals surface area (Å²) in [6.45, 7) is 0.759. The Labute approximate surface area is 104 Å². The molecule has 1 aromatic carbocycles. The summed E-state index contributed by atoms with van der Waals surface area (Å²) < 4.78 is 4.68. The third kappa shape index (κ3) is 2.27. The van der Waals surface area contributed by atoms with Crippen molar-refractivity contribution in [3.8, 4) is 0 Å². The maximum atomic E-state index is 11.7. The Hall–Kier alpha value is -2.11. The summed E-state index contributed by atoms with van der Waals surface area (Å²) in [5.41, 5.74) is 1.65. The monoisotopic (exact) mass is 250 g/mol. The molecule has 1 aromatic rings. The lowest BCUT2D eigenvalue weighted by atomic mass is 10.0. The number of carbonyl (C=O) groups is 1. The molecule has 0 amide bonds. The second kappa shape index (κ2) is 5.03. The second-order valence-electron chi connectivity index (χ2n) is 4.16. The van der Waals surface area contributed by atoms with E-state index >= 15 is 0 Å². The van der Waals surface area contributed by atoms with Gasteiger partial charge in [0, 0.05) is 18.7 Å². The fourth-order valence-corrected chi connectivity index (χ4v) is 2.12. The van der Waals surface area contributed by atoms with Crippen LogP contribution in [0.25, 0.3) is 0 Å². The normalized spacial score (nSPS) is 14.1. The second-order valence-corrected chi connectivity index (χ2v) is 4.16. The van der Waals surface area contributed by atoms with Crippen LogP contribution < -0.4 is 5.32 Å². The van der Waals surface area contributed by atoms with Crippen molar-refractivity contribution in [3.05, 3.63) is 33.4 Å². The fraction of sp³-hybridized carbons (Fsp3) is 0.417. The van der Waals surface area contributed by atoms with E-state index < -0.39 is 10.9 Å². The Kier molecular flexibility index (Phi) is 3.45. The Balaban J connectivity index is 2.57. The molecule has 1 aliphatic heterocycles. The number of nitrogens with zero attached hydrogens (tertiary/aromatic N) is 1. The van der Waals surface area contributed by atoms with Crippen molar-refractivity contribution in [2.75, 3.05) is 19.0 Å². The molecule has 0 saturated carbocycles. The van der Waals surface area contributed by atoms with Crippen molar-refractivity contribution >= 4 is 17.3 Å². The largest absolute Gasteiger partial charge is 0.465 e. The van der Waals surface area contributed by atoms with Gasteiger partial charge in [-0.2, -0.15) is 0 Å². The maximum absolute atomic E-state index is 11.7. The molecule has 1 heterocycles. The molecule has 0 atom stereocenters. The van der Waals surface area contributed by atoms with Crippen molar-refractivity contribution < 1.29 is 14.5 Å². The number of esters is 1. The van der Waals surface area contributed by atoms with Gasteiger partial charge in [0.05, 0.1) is 23.3 Å². The van der Waals surface area contributed by atoms with Crippen LogP contribution in [-0.4, -0.2) is 24.5 Å². The number of anilines is 1. The lowest BCUT2D eigenvalue weighted by Crippen LogP contribution is -2.10. The highest BCUT2D eigenvalue weighted by Gasteiger charge is 2.22. The molecule has 2 rings (SSSR count). The van der Waals surface area contributed by atoms with Gasteiger partial charge in [0.2, 0.25) is 0 Å². The van der Waals surface area contributed by atoms with E-state index in [2.05, 4.69) is 10.1 Å². The summed E-state index contributed by atoms with van der Waals surface area (Å²) >= 11 is 0. The number of nitro groups is 1. The van der Waals surface area contributed by atoms with Crippen LogP contribution in [0.1, 0.15) is 28.8 Å². The lowest BCUT2D eigenvalue weighted by molar-refractivity contribution is -0.384. The zero-order valence-electron chi connectivity index (χ0n) is 10.1. The molecule has 0 radical (unpaired) electrons. The van der Waals surface area contributed by atoms with Gasteiger partial charge in [-0.05, 0) is 24.8 Å². The number of nitrogens with one attached hydrogen (secondary N) is 1. The van der Waals surface area contributed by atoms with Crippen LogP contribution in [0.3, 0.4) is 0 Å². The molecule has 96 valence electrons. The van der Waals surface area contributed by atoms with E-state index in [1.54, 1.807) is 0 Å². The van der Waals surface area contributed by atoms with Crippen LogP contribution in [0.4, 0.5) is 11.4 Å². The number of hydrogen-bond acceptors (Lipinski definition) is 5. The highest BCUT2D eigenvalue weighted by molar-refractivity contribution is 5.97. The number of aryl methyl sites for hydroxylation is 1. The standard InChI is InChI=1S/C12H14N2O4/c1-18-12(15)10-7-9(14(16)17)6-8-4-2-3-5-13-11(8)10/h6-7,13H,2-5H2,1H3. The van der Waals surface area contributed by atoms with Crippen LogP contribution in [0.15, 0.2) is 12.1 Å². The zero-order chi connectivity index (χ0) is 13.1. The average molecular weight is 250 g/mol. The predicted octanol–water partition coefficient (Wildman–Crippen LogP) is 2.13. The van der Waals surface area contributed by atoms with Gasteiger partial charge in [0.25, 0.3) is 5.69 Å². The van der Waals surface area contributed by atoms with E-state index in [4.69, 9.17) is 0 Å². The quantitative estimate of drug-likeness (QED) is 0.494. The maximum Gasteiger partial charge on any atom is 0.340 e. The molecule has 6 nitrogen and oxygen atoms in total. The number of nitro benzene ring substituents is 1. The highest BCUT2D eigenvalue weighted by Crippen LogP contribution is 2.30. The molecule has 0 saturated heterocycles. The van der Waals surface area contributed by atoms with Gasteiger partial charge in [-0.25, -0.2) is 4.79 Å².